The summed E-state index contributed by atoms with van der Waals surface area (Å²) >= 11 is 0. The molecule has 20 heavy (non-hydrogen) atoms. The van der Waals surface area contributed by atoms with E-state index in [0.717, 1.165) is 0 Å². The van der Waals surface area contributed by atoms with Crippen LogP contribution in [0.15, 0.2) is 10.2 Å². The summed E-state index contributed by atoms with van der Waals surface area (Å²) in [6, 6.07) is 0. The fourth-order valence-corrected chi connectivity index (χ4v) is 0.358. The Morgan fingerprint density at radius 3 is 1.10 bits per heavy atom. The molecule has 8 heteroatoms. The van der Waals surface area contributed by atoms with Crippen LogP contribution in [-0.4, -0.2) is 28.6 Å². The zero-order valence-corrected chi connectivity index (χ0v) is 13.2. The Morgan fingerprint density at radius 1 is 0.800 bits per heavy atom. The van der Waals surface area contributed by atoms with Gasteiger partial charge in [0, 0.05) is 5.92 Å². The van der Waals surface area contributed by atoms with Crippen LogP contribution in [0.25, 0.3) is 0 Å². The second-order valence-electron chi connectivity index (χ2n) is 5.76. The van der Waals surface area contributed by atoms with Crippen LogP contribution in [0, 0.1) is 22.1 Å². The van der Waals surface area contributed by atoms with E-state index in [1.54, 1.807) is 27.7 Å². The van der Waals surface area contributed by atoms with E-state index in [4.69, 9.17) is 33.4 Å². The molecule has 0 aliphatic carbocycles. The van der Waals surface area contributed by atoms with Gasteiger partial charge in [-0.2, -0.15) is 10.2 Å². The number of hydrogen-bond donors (Lipinski definition) is 6. The molecule has 0 saturated carbocycles. The molecule has 0 aromatic carbocycles. The first-order valence-electron chi connectivity index (χ1n) is 6.21. The number of azo groups is 1. The largest absolute Gasteiger partial charge is 0.387 e. The molecule has 0 unspecified atom stereocenters. The van der Waals surface area contributed by atoms with Gasteiger partial charge in [-0.1, -0.05) is 13.8 Å². The SMILES string of the molecule is CC(C)(N=NC(C)(C)C(=N)N)C(=N)N.CC(C)C(=N)N. The molecule has 9 N–H and O–H groups in total. The summed E-state index contributed by atoms with van der Waals surface area (Å²) in [5, 5.41) is 29.0. The first-order valence-corrected chi connectivity index (χ1v) is 6.21. The van der Waals surface area contributed by atoms with Crippen molar-refractivity contribution in [3.63, 3.8) is 0 Å². The van der Waals surface area contributed by atoms with Crippen LogP contribution in [0.4, 0.5) is 0 Å². The number of amidine groups is 3. The Labute approximate surface area is 120 Å². The van der Waals surface area contributed by atoms with Gasteiger partial charge in [0.2, 0.25) is 0 Å². The van der Waals surface area contributed by atoms with Crippen LogP contribution in [0.3, 0.4) is 0 Å². The molecule has 0 saturated heterocycles. The van der Waals surface area contributed by atoms with Crippen molar-refractivity contribution in [2.75, 3.05) is 0 Å². The summed E-state index contributed by atoms with van der Waals surface area (Å²) in [5.41, 5.74) is 14.0. The standard InChI is InChI=1S/C8H18N6.C4H10N2/c1-7(2,5(9)10)13-14-8(3,4)6(11)12;1-3(2)4(5)6/h1-4H3,(H3,9,10)(H3,11,12);3H,1-2H3,(H3,5,6). The van der Waals surface area contributed by atoms with Crippen molar-refractivity contribution in [1.82, 2.24) is 0 Å². The van der Waals surface area contributed by atoms with E-state index in [1.807, 2.05) is 13.8 Å². The lowest BCUT2D eigenvalue weighted by atomic mass is 10.1. The Hall–Kier alpha value is -1.99. The third-order valence-electron chi connectivity index (χ3n) is 2.49. The minimum Gasteiger partial charge on any atom is -0.387 e. The van der Waals surface area contributed by atoms with E-state index in [2.05, 4.69) is 10.2 Å². The summed E-state index contributed by atoms with van der Waals surface area (Å²) in [6.07, 6.45) is 0. The van der Waals surface area contributed by atoms with E-state index in [1.165, 1.54) is 0 Å². The van der Waals surface area contributed by atoms with Gasteiger partial charge in [-0.25, -0.2) is 0 Å². The zero-order chi connectivity index (χ0) is 16.7. The zero-order valence-electron chi connectivity index (χ0n) is 13.2. The fraction of sp³-hybridized carbons (Fsp3) is 0.750. The van der Waals surface area contributed by atoms with Crippen molar-refractivity contribution in [1.29, 1.82) is 16.2 Å². The first kappa shape index (κ1) is 20.3. The van der Waals surface area contributed by atoms with Gasteiger partial charge in [0.1, 0.15) is 22.7 Å². The van der Waals surface area contributed by atoms with Crippen LogP contribution in [0.2, 0.25) is 0 Å². The molecule has 0 aromatic heterocycles. The van der Waals surface area contributed by atoms with Gasteiger partial charge in [-0.3, -0.25) is 16.2 Å². The summed E-state index contributed by atoms with van der Waals surface area (Å²) in [7, 11) is 0. The van der Waals surface area contributed by atoms with E-state index in [9.17, 15) is 0 Å². The Kier molecular flexibility index (Phi) is 7.69. The minimum atomic E-state index is -0.841. The Bertz CT molecular complexity index is 364. The second-order valence-corrected chi connectivity index (χ2v) is 5.76. The predicted octanol–water partition coefficient (Wildman–Crippen LogP) is 1.45. The summed E-state index contributed by atoms with van der Waals surface area (Å²) in [6.45, 7) is 10.5. The molecule has 116 valence electrons. The number of nitrogens with two attached hydrogens (primary N) is 3. The molecule has 0 rings (SSSR count). The summed E-state index contributed by atoms with van der Waals surface area (Å²) in [5.74, 6) is 0.334. The summed E-state index contributed by atoms with van der Waals surface area (Å²) < 4.78 is 0. The molecule has 0 aliphatic heterocycles. The van der Waals surface area contributed by atoms with Gasteiger partial charge >= 0.3 is 0 Å². The molecule has 0 fully saturated rings. The van der Waals surface area contributed by atoms with Crippen LogP contribution in [0.1, 0.15) is 41.5 Å². The first-order chi connectivity index (χ1) is 8.74. The molecule has 0 heterocycles. The monoisotopic (exact) mass is 284 g/mol. The molecule has 0 bridgehead atoms. The van der Waals surface area contributed by atoms with Gasteiger partial charge in [0.05, 0.1) is 5.84 Å². The second kappa shape index (κ2) is 7.56. The fourth-order valence-electron chi connectivity index (χ4n) is 0.358. The van der Waals surface area contributed by atoms with Crippen LogP contribution in [-0.2, 0) is 0 Å². The smallest absolute Gasteiger partial charge is 0.132 e. The maximum Gasteiger partial charge on any atom is 0.132 e. The third kappa shape index (κ3) is 8.17. The number of nitrogens with one attached hydrogen (secondary N) is 3. The topological polar surface area (TPSA) is 174 Å². The minimum absolute atomic E-state index is 0.0689. The quantitative estimate of drug-likeness (QED) is 0.255. The number of hydrogen-bond acceptors (Lipinski definition) is 5. The lowest BCUT2D eigenvalue weighted by Gasteiger charge is -2.20. The van der Waals surface area contributed by atoms with Gasteiger partial charge in [0.25, 0.3) is 0 Å². The van der Waals surface area contributed by atoms with Gasteiger partial charge in [-0.05, 0) is 27.7 Å². The van der Waals surface area contributed by atoms with Gasteiger partial charge in [0.15, 0.2) is 0 Å². The van der Waals surface area contributed by atoms with Crippen LogP contribution >= 0.6 is 0 Å². The highest BCUT2D eigenvalue weighted by molar-refractivity contribution is 5.87. The van der Waals surface area contributed by atoms with Gasteiger partial charge < -0.3 is 17.2 Å². The van der Waals surface area contributed by atoms with E-state index >= 15 is 0 Å². The lowest BCUT2D eigenvalue weighted by Crippen LogP contribution is -2.38. The number of rotatable bonds is 5. The highest BCUT2D eigenvalue weighted by Crippen LogP contribution is 2.15. The molecular formula is C12H28N8. The highest BCUT2D eigenvalue weighted by Gasteiger charge is 2.25. The van der Waals surface area contributed by atoms with E-state index in [0.29, 0.717) is 0 Å². The molecule has 0 radical (unpaired) electrons. The Morgan fingerprint density at radius 2 is 1.00 bits per heavy atom. The molecule has 0 aromatic rings. The predicted molar refractivity (Wildman–Crippen MR) is 83.6 cm³/mol. The molecule has 0 amide bonds. The van der Waals surface area contributed by atoms with Crippen LogP contribution < -0.4 is 17.2 Å². The molecular weight excluding hydrogens is 256 g/mol. The average Bonchev–Trinajstić information content (AvgIpc) is 2.27. The molecule has 0 atom stereocenters. The van der Waals surface area contributed by atoms with Crippen molar-refractivity contribution in [2.45, 2.75) is 52.6 Å². The number of nitrogens with zero attached hydrogens (tertiary/aromatic N) is 2. The van der Waals surface area contributed by atoms with Crippen molar-refractivity contribution in [3.8, 4) is 0 Å². The van der Waals surface area contributed by atoms with Crippen molar-refractivity contribution in [2.24, 2.45) is 33.3 Å². The maximum atomic E-state index is 7.25. The molecule has 8 nitrogen and oxygen atoms in total. The highest BCUT2D eigenvalue weighted by atomic mass is 15.2. The van der Waals surface area contributed by atoms with E-state index in [-0.39, 0.29) is 23.4 Å². The maximum absolute atomic E-state index is 7.25. The van der Waals surface area contributed by atoms with Crippen molar-refractivity contribution in [3.05, 3.63) is 0 Å². The van der Waals surface area contributed by atoms with E-state index < -0.39 is 11.1 Å². The average molecular weight is 284 g/mol. The van der Waals surface area contributed by atoms with Crippen LogP contribution in [0.5, 0.6) is 0 Å². The molecule has 0 aliphatic rings. The normalized spacial score (nSPS) is 11.9. The third-order valence-corrected chi connectivity index (χ3v) is 2.49. The summed E-state index contributed by atoms with van der Waals surface area (Å²) in [4.78, 5) is 0. The Balaban J connectivity index is 0. The lowest BCUT2D eigenvalue weighted by molar-refractivity contribution is 0.557. The molecule has 0 spiro atoms. The van der Waals surface area contributed by atoms with Gasteiger partial charge in [-0.15, -0.1) is 0 Å². The van der Waals surface area contributed by atoms with Crippen molar-refractivity contribution < 1.29 is 0 Å². The van der Waals surface area contributed by atoms with Crippen molar-refractivity contribution >= 4 is 17.5 Å².